The molecule has 3 aromatic rings. The van der Waals surface area contributed by atoms with Crippen LogP contribution >= 0.6 is 23.1 Å². The Balaban J connectivity index is 1.85. The highest BCUT2D eigenvalue weighted by atomic mass is 32.2. The summed E-state index contributed by atoms with van der Waals surface area (Å²) in [6, 6.07) is 7.35. The van der Waals surface area contributed by atoms with Gasteiger partial charge in [0.25, 0.3) is 5.56 Å². The average Bonchev–Trinajstić information content (AvgIpc) is 2.81. The van der Waals surface area contributed by atoms with Gasteiger partial charge in [0, 0.05) is 22.3 Å². The topological polar surface area (TPSA) is 73.3 Å². The molecule has 0 spiro atoms. The van der Waals surface area contributed by atoms with Gasteiger partial charge in [-0.1, -0.05) is 11.3 Å². The molecule has 0 saturated heterocycles. The smallest absolute Gasteiger partial charge is 0.275 e. The molecule has 108 valence electrons. The minimum atomic E-state index is -0.131. The fraction of sp³-hybridized carbons (Fsp3) is 0.214. The second kappa shape index (κ2) is 5.50. The molecule has 0 aliphatic heterocycles. The third kappa shape index (κ3) is 2.93. The summed E-state index contributed by atoms with van der Waals surface area (Å²) in [5, 5.41) is 5.21. The summed E-state index contributed by atoms with van der Waals surface area (Å²) in [6.45, 7) is 3.85. The number of rotatable bonds is 3. The van der Waals surface area contributed by atoms with Crippen LogP contribution in [0.25, 0.3) is 4.96 Å². The van der Waals surface area contributed by atoms with Gasteiger partial charge in [-0.25, -0.2) is 4.98 Å². The van der Waals surface area contributed by atoms with E-state index < -0.39 is 0 Å². The summed E-state index contributed by atoms with van der Waals surface area (Å²) < 4.78 is 1.36. The molecule has 7 heteroatoms. The lowest BCUT2D eigenvalue weighted by Gasteiger charge is -2.04. The van der Waals surface area contributed by atoms with Gasteiger partial charge < -0.3 is 5.73 Å². The van der Waals surface area contributed by atoms with Crippen molar-refractivity contribution in [3.05, 3.63) is 50.9 Å². The van der Waals surface area contributed by atoms with E-state index >= 15 is 0 Å². The maximum Gasteiger partial charge on any atom is 0.275 e. The first-order chi connectivity index (χ1) is 10.0. The second-order valence-electron chi connectivity index (χ2n) is 4.74. The first-order valence-electron chi connectivity index (χ1n) is 6.38. The number of hydrogen-bond acceptors (Lipinski definition) is 6. The first kappa shape index (κ1) is 14.1. The Morgan fingerprint density at radius 1 is 1.33 bits per heavy atom. The molecular formula is C14H14N4OS2. The van der Waals surface area contributed by atoms with E-state index in [1.54, 1.807) is 11.8 Å². The zero-order valence-electron chi connectivity index (χ0n) is 11.7. The number of aromatic nitrogens is 3. The molecule has 0 radical (unpaired) electrons. The number of nitrogens with zero attached hydrogens (tertiary/aromatic N) is 3. The Bertz CT molecular complexity index is 869. The van der Waals surface area contributed by atoms with Crippen molar-refractivity contribution in [3.8, 4) is 0 Å². The lowest BCUT2D eigenvalue weighted by molar-refractivity contribution is 0.870. The second-order valence-corrected chi connectivity index (χ2v) is 6.80. The number of thioether (sulfide) groups is 1. The van der Waals surface area contributed by atoms with Crippen LogP contribution in [0.4, 0.5) is 5.69 Å². The summed E-state index contributed by atoms with van der Waals surface area (Å²) >= 11 is 3.13. The van der Waals surface area contributed by atoms with Gasteiger partial charge in [0.15, 0.2) is 0 Å². The molecule has 0 atom stereocenters. The summed E-state index contributed by atoms with van der Waals surface area (Å²) in [4.78, 5) is 18.0. The van der Waals surface area contributed by atoms with Crippen molar-refractivity contribution >= 4 is 33.7 Å². The summed E-state index contributed by atoms with van der Waals surface area (Å²) in [6.07, 6.45) is 0. The fourth-order valence-corrected chi connectivity index (χ4v) is 3.93. The zero-order chi connectivity index (χ0) is 15.0. The number of nitrogens with two attached hydrogens (primary N) is 1. The van der Waals surface area contributed by atoms with Crippen LogP contribution in [0, 0.1) is 13.8 Å². The van der Waals surface area contributed by atoms with E-state index in [0.717, 1.165) is 22.0 Å². The van der Waals surface area contributed by atoms with Crippen LogP contribution in [0.3, 0.4) is 0 Å². The standard InChI is InChI=1S/C14H14N4OS2/c1-8-5-10(15)3-4-11(8)20-7-12-17-18-13(19)6-9(2)16-14(18)21-12/h3-6H,7,15H2,1-2H3. The van der Waals surface area contributed by atoms with Gasteiger partial charge >= 0.3 is 0 Å². The van der Waals surface area contributed by atoms with Crippen molar-refractivity contribution in [3.63, 3.8) is 0 Å². The Kier molecular flexibility index (Phi) is 3.69. The van der Waals surface area contributed by atoms with Gasteiger partial charge in [-0.05, 0) is 37.6 Å². The van der Waals surface area contributed by atoms with Crippen molar-refractivity contribution in [1.82, 2.24) is 14.6 Å². The maximum absolute atomic E-state index is 11.8. The Labute approximate surface area is 129 Å². The summed E-state index contributed by atoms with van der Waals surface area (Å²) in [7, 11) is 0. The third-order valence-electron chi connectivity index (χ3n) is 2.97. The van der Waals surface area contributed by atoms with Crippen LogP contribution in [0.5, 0.6) is 0 Å². The highest BCUT2D eigenvalue weighted by Crippen LogP contribution is 2.28. The summed E-state index contributed by atoms with van der Waals surface area (Å²) in [5.74, 6) is 0.706. The molecule has 0 aliphatic rings. The molecule has 5 nitrogen and oxygen atoms in total. The van der Waals surface area contributed by atoms with Gasteiger partial charge in [0.05, 0.1) is 5.75 Å². The monoisotopic (exact) mass is 318 g/mol. The van der Waals surface area contributed by atoms with E-state index in [-0.39, 0.29) is 5.56 Å². The van der Waals surface area contributed by atoms with Crippen molar-refractivity contribution < 1.29 is 0 Å². The van der Waals surface area contributed by atoms with E-state index in [0.29, 0.717) is 10.7 Å². The number of nitrogen functional groups attached to an aromatic ring is 1. The van der Waals surface area contributed by atoms with Crippen LogP contribution in [-0.2, 0) is 5.75 Å². The molecule has 0 bridgehead atoms. The van der Waals surface area contributed by atoms with Gasteiger partial charge in [0.2, 0.25) is 4.96 Å². The summed E-state index contributed by atoms with van der Waals surface area (Å²) in [5.41, 5.74) is 8.25. The molecule has 1 aromatic carbocycles. The highest BCUT2D eigenvalue weighted by molar-refractivity contribution is 7.98. The normalized spacial score (nSPS) is 11.1. The maximum atomic E-state index is 11.8. The van der Waals surface area contributed by atoms with E-state index in [4.69, 9.17) is 5.73 Å². The van der Waals surface area contributed by atoms with E-state index in [1.165, 1.54) is 26.8 Å². The van der Waals surface area contributed by atoms with Gasteiger partial charge in [-0.15, -0.1) is 11.8 Å². The predicted molar refractivity (Wildman–Crippen MR) is 87.0 cm³/mol. The molecule has 21 heavy (non-hydrogen) atoms. The fourth-order valence-electron chi connectivity index (χ4n) is 1.99. The van der Waals surface area contributed by atoms with Crippen LogP contribution < -0.4 is 11.3 Å². The lowest BCUT2D eigenvalue weighted by Crippen LogP contribution is -2.14. The lowest BCUT2D eigenvalue weighted by atomic mass is 10.2. The van der Waals surface area contributed by atoms with Crippen LogP contribution in [0.1, 0.15) is 16.3 Å². The van der Waals surface area contributed by atoms with Crippen molar-refractivity contribution in [2.24, 2.45) is 0 Å². The van der Waals surface area contributed by atoms with Gasteiger partial charge in [-0.2, -0.15) is 9.61 Å². The number of benzene rings is 1. The van der Waals surface area contributed by atoms with Gasteiger partial charge in [-0.3, -0.25) is 4.79 Å². The molecule has 3 rings (SSSR count). The quantitative estimate of drug-likeness (QED) is 0.593. The molecule has 0 saturated carbocycles. The highest BCUT2D eigenvalue weighted by Gasteiger charge is 2.09. The van der Waals surface area contributed by atoms with E-state index in [2.05, 4.69) is 10.1 Å². The average molecular weight is 318 g/mol. The molecule has 2 N–H and O–H groups in total. The van der Waals surface area contributed by atoms with E-state index in [1.807, 2.05) is 32.0 Å². The molecule has 0 amide bonds. The molecule has 2 aromatic heterocycles. The minimum Gasteiger partial charge on any atom is -0.399 e. The number of anilines is 1. The molecular weight excluding hydrogens is 304 g/mol. The Morgan fingerprint density at radius 2 is 2.14 bits per heavy atom. The van der Waals surface area contributed by atoms with Crippen molar-refractivity contribution in [2.75, 3.05) is 5.73 Å². The molecule has 0 aliphatic carbocycles. The predicted octanol–water partition coefficient (Wildman–Crippen LogP) is 2.64. The van der Waals surface area contributed by atoms with Crippen LogP contribution in [0.15, 0.2) is 34.0 Å². The van der Waals surface area contributed by atoms with Crippen LogP contribution in [-0.4, -0.2) is 14.6 Å². The number of hydrogen-bond donors (Lipinski definition) is 1. The number of fused-ring (bicyclic) bond motifs is 1. The molecule has 0 fully saturated rings. The van der Waals surface area contributed by atoms with Crippen molar-refractivity contribution in [1.29, 1.82) is 0 Å². The van der Waals surface area contributed by atoms with Gasteiger partial charge in [0.1, 0.15) is 5.01 Å². The Hall–Kier alpha value is -1.86. The first-order valence-corrected chi connectivity index (χ1v) is 8.18. The molecule has 0 unspecified atom stereocenters. The largest absolute Gasteiger partial charge is 0.399 e. The number of aryl methyl sites for hydroxylation is 2. The van der Waals surface area contributed by atoms with E-state index in [9.17, 15) is 4.79 Å². The minimum absolute atomic E-state index is 0.131. The SMILES string of the molecule is Cc1cc(=O)n2nc(CSc3ccc(N)cc3C)sc2n1. The van der Waals surface area contributed by atoms with Crippen LogP contribution in [0.2, 0.25) is 0 Å². The zero-order valence-corrected chi connectivity index (χ0v) is 13.3. The Morgan fingerprint density at radius 3 is 2.90 bits per heavy atom. The van der Waals surface area contributed by atoms with Crippen molar-refractivity contribution in [2.45, 2.75) is 24.5 Å². The third-order valence-corrected chi connectivity index (χ3v) is 5.24. The molecule has 2 heterocycles.